The van der Waals surface area contributed by atoms with Crippen LogP contribution in [0.1, 0.15) is 39.7 Å². The van der Waals surface area contributed by atoms with Crippen LogP contribution in [0.4, 0.5) is 4.79 Å². The summed E-state index contributed by atoms with van der Waals surface area (Å²) in [5.41, 5.74) is 1.59. The third kappa shape index (κ3) is 2.20. The molecule has 1 N–H and O–H groups in total. The molecule has 2 saturated heterocycles. The second-order valence-corrected chi connectivity index (χ2v) is 8.43. The highest BCUT2D eigenvalue weighted by Crippen LogP contribution is 2.58. The number of nitrogens with zero attached hydrogens (tertiary/aromatic N) is 1. The Morgan fingerprint density at radius 3 is 2.25 bits per heavy atom. The number of carboxylic acid groups (broad SMARTS) is 1. The van der Waals surface area contributed by atoms with Crippen LogP contribution in [0.2, 0.25) is 0 Å². The van der Waals surface area contributed by atoms with Gasteiger partial charge in [-0.25, -0.2) is 4.79 Å². The molecule has 2 unspecified atom stereocenters. The molecule has 128 valence electrons. The number of piperidine rings is 1. The average Bonchev–Trinajstić information content (AvgIpc) is 2.98. The minimum Gasteiger partial charge on any atom is -0.465 e. The average molecular weight is 329 g/mol. The number of carbonyl (C=O) groups is 1. The van der Waals surface area contributed by atoms with Gasteiger partial charge in [-0.2, -0.15) is 0 Å². The summed E-state index contributed by atoms with van der Waals surface area (Å²) in [6, 6.07) is 8.35. The SMILES string of the molecule is CC1(C)OB(c2ccc(C34CC3CN(C(=O)O)C4)cc2)OC1(C)C. The molecule has 6 heteroatoms. The van der Waals surface area contributed by atoms with Crippen LogP contribution in [0.25, 0.3) is 0 Å². The number of hydrogen-bond donors (Lipinski definition) is 1. The summed E-state index contributed by atoms with van der Waals surface area (Å²) >= 11 is 0. The first-order chi connectivity index (χ1) is 11.1. The largest absolute Gasteiger partial charge is 0.494 e. The van der Waals surface area contributed by atoms with Crippen LogP contribution in [0.5, 0.6) is 0 Å². The Kier molecular flexibility index (Phi) is 3.17. The number of hydrogen-bond acceptors (Lipinski definition) is 3. The van der Waals surface area contributed by atoms with E-state index in [1.54, 1.807) is 0 Å². The lowest BCUT2D eigenvalue weighted by Crippen LogP contribution is -2.41. The highest BCUT2D eigenvalue weighted by atomic mass is 16.7. The van der Waals surface area contributed by atoms with Gasteiger partial charge in [0.05, 0.1) is 11.2 Å². The second-order valence-electron chi connectivity index (χ2n) is 8.43. The normalized spacial score (nSPS) is 32.8. The molecule has 0 spiro atoms. The van der Waals surface area contributed by atoms with Crippen LogP contribution in [0.15, 0.2) is 24.3 Å². The molecule has 5 nitrogen and oxygen atoms in total. The molecule has 0 aromatic heterocycles. The molecule has 1 aromatic rings. The fourth-order valence-electron chi connectivity index (χ4n) is 4.03. The van der Waals surface area contributed by atoms with Crippen LogP contribution >= 0.6 is 0 Å². The predicted octanol–water partition coefficient (Wildman–Crippen LogP) is 2.24. The second kappa shape index (κ2) is 4.76. The summed E-state index contributed by atoms with van der Waals surface area (Å²) in [4.78, 5) is 12.7. The third-order valence-electron chi connectivity index (χ3n) is 6.43. The van der Waals surface area contributed by atoms with E-state index in [2.05, 4.69) is 24.3 Å². The molecule has 0 bridgehead atoms. The zero-order chi connectivity index (χ0) is 17.3. The molecule has 1 amide bonds. The van der Waals surface area contributed by atoms with Crippen molar-refractivity contribution in [2.24, 2.45) is 5.92 Å². The lowest BCUT2D eigenvalue weighted by atomic mass is 9.78. The fraction of sp³-hybridized carbons (Fsp3) is 0.611. The van der Waals surface area contributed by atoms with Gasteiger partial charge in [0.1, 0.15) is 0 Å². The first-order valence-electron chi connectivity index (χ1n) is 8.59. The van der Waals surface area contributed by atoms with E-state index in [4.69, 9.17) is 9.31 Å². The molecule has 2 heterocycles. The van der Waals surface area contributed by atoms with E-state index < -0.39 is 6.09 Å². The van der Waals surface area contributed by atoms with E-state index >= 15 is 0 Å². The Labute approximate surface area is 143 Å². The number of fused-ring (bicyclic) bond motifs is 1. The Morgan fingerprint density at radius 1 is 1.17 bits per heavy atom. The van der Waals surface area contributed by atoms with E-state index in [-0.39, 0.29) is 23.7 Å². The maximum Gasteiger partial charge on any atom is 0.494 e. The number of benzene rings is 1. The molecule has 1 aromatic carbocycles. The first-order valence-corrected chi connectivity index (χ1v) is 8.59. The van der Waals surface area contributed by atoms with Crippen molar-refractivity contribution in [3.05, 3.63) is 29.8 Å². The Balaban J connectivity index is 1.52. The van der Waals surface area contributed by atoms with Gasteiger partial charge in [-0.3, -0.25) is 0 Å². The monoisotopic (exact) mass is 329 g/mol. The van der Waals surface area contributed by atoms with Gasteiger partial charge in [0.15, 0.2) is 0 Å². The minimum atomic E-state index is -0.810. The van der Waals surface area contributed by atoms with Gasteiger partial charge >= 0.3 is 13.2 Å². The van der Waals surface area contributed by atoms with Gasteiger partial charge in [-0.15, -0.1) is 0 Å². The van der Waals surface area contributed by atoms with Crippen LogP contribution in [0, 0.1) is 5.92 Å². The number of rotatable bonds is 2. The van der Waals surface area contributed by atoms with Crippen molar-refractivity contribution >= 4 is 18.7 Å². The molecule has 1 aliphatic carbocycles. The van der Waals surface area contributed by atoms with Gasteiger partial charge in [0.25, 0.3) is 0 Å². The van der Waals surface area contributed by atoms with Gasteiger partial charge in [-0.1, -0.05) is 24.3 Å². The van der Waals surface area contributed by atoms with Crippen molar-refractivity contribution in [2.45, 2.75) is 50.7 Å². The summed E-state index contributed by atoms with van der Waals surface area (Å²) in [5, 5.41) is 9.19. The predicted molar refractivity (Wildman–Crippen MR) is 91.5 cm³/mol. The van der Waals surface area contributed by atoms with Crippen LogP contribution in [0.3, 0.4) is 0 Å². The molecule has 2 atom stereocenters. The smallest absolute Gasteiger partial charge is 0.465 e. The standard InChI is InChI=1S/C18H24BNO4/c1-16(2)17(3,4)24-19(23-16)14-7-5-12(6-8-14)18-9-13(18)10-20(11-18)15(21)22/h5-8,13H,9-11H2,1-4H3,(H,21,22). The first kappa shape index (κ1) is 16.0. The molecule has 1 saturated carbocycles. The van der Waals surface area contributed by atoms with Crippen molar-refractivity contribution in [2.75, 3.05) is 13.1 Å². The number of amides is 1. The molecule has 24 heavy (non-hydrogen) atoms. The Bertz CT molecular complexity index is 671. The summed E-state index contributed by atoms with van der Waals surface area (Å²) < 4.78 is 12.2. The molecule has 2 aliphatic heterocycles. The molecule has 0 radical (unpaired) electrons. The van der Waals surface area contributed by atoms with Crippen molar-refractivity contribution in [3.8, 4) is 0 Å². The van der Waals surface area contributed by atoms with Crippen LogP contribution in [-0.4, -0.2) is 47.5 Å². The lowest BCUT2D eigenvalue weighted by molar-refractivity contribution is 0.00578. The van der Waals surface area contributed by atoms with Crippen molar-refractivity contribution < 1.29 is 19.2 Å². The molecule has 3 aliphatic rings. The van der Waals surface area contributed by atoms with Crippen LogP contribution < -0.4 is 5.46 Å². The van der Waals surface area contributed by atoms with E-state index in [9.17, 15) is 9.90 Å². The topological polar surface area (TPSA) is 59.0 Å². The maximum atomic E-state index is 11.2. The quantitative estimate of drug-likeness (QED) is 0.846. The zero-order valence-corrected chi connectivity index (χ0v) is 14.7. The summed E-state index contributed by atoms with van der Waals surface area (Å²) in [6.45, 7) is 9.47. The van der Waals surface area contributed by atoms with Gasteiger partial charge in [-0.05, 0) is 51.1 Å². The molecular weight excluding hydrogens is 305 g/mol. The van der Waals surface area contributed by atoms with E-state index in [1.807, 2.05) is 27.7 Å². The minimum absolute atomic E-state index is 0.0346. The highest BCUT2D eigenvalue weighted by Gasteiger charge is 2.61. The third-order valence-corrected chi connectivity index (χ3v) is 6.43. The van der Waals surface area contributed by atoms with Crippen molar-refractivity contribution in [1.82, 2.24) is 4.90 Å². The highest BCUT2D eigenvalue weighted by molar-refractivity contribution is 6.62. The van der Waals surface area contributed by atoms with Crippen molar-refractivity contribution in [1.29, 1.82) is 0 Å². The molecule has 3 fully saturated rings. The molecular formula is C18H24BNO4. The van der Waals surface area contributed by atoms with Crippen molar-refractivity contribution in [3.63, 3.8) is 0 Å². The van der Waals surface area contributed by atoms with Crippen LogP contribution in [-0.2, 0) is 14.7 Å². The van der Waals surface area contributed by atoms with Gasteiger partial charge in [0, 0.05) is 18.5 Å². The Hall–Kier alpha value is -1.53. The maximum absolute atomic E-state index is 11.2. The fourth-order valence-corrected chi connectivity index (χ4v) is 4.03. The van der Waals surface area contributed by atoms with Gasteiger partial charge < -0.3 is 19.3 Å². The molecule has 4 rings (SSSR count). The van der Waals surface area contributed by atoms with E-state index in [1.165, 1.54) is 10.5 Å². The summed E-state index contributed by atoms with van der Waals surface area (Å²) in [7, 11) is -0.351. The summed E-state index contributed by atoms with van der Waals surface area (Å²) in [6.07, 6.45) is 0.280. The summed E-state index contributed by atoms with van der Waals surface area (Å²) in [5.74, 6) is 0.469. The number of likely N-dealkylation sites (tertiary alicyclic amines) is 1. The lowest BCUT2D eigenvalue weighted by Gasteiger charge is -2.32. The van der Waals surface area contributed by atoms with E-state index in [0.29, 0.717) is 19.0 Å². The van der Waals surface area contributed by atoms with Gasteiger partial charge in [0.2, 0.25) is 0 Å². The Morgan fingerprint density at radius 2 is 1.75 bits per heavy atom. The van der Waals surface area contributed by atoms with E-state index in [0.717, 1.165) is 11.9 Å². The zero-order valence-electron chi connectivity index (χ0n) is 14.7.